The van der Waals surface area contributed by atoms with Gasteiger partial charge in [0, 0.05) is 17.7 Å². The maximum Gasteiger partial charge on any atom is 0.229 e. The Morgan fingerprint density at radius 2 is 1.65 bits per heavy atom. The van der Waals surface area contributed by atoms with Crippen LogP contribution in [0.4, 0.5) is 0 Å². The molecule has 7 N–H and O–H groups in total. The first-order valence-corrected chi connectivity index (χ1v) is 9.49. The van der Waals surface area contributed by atoms with E-state index in [2.05, 4.69) is 0 Å². The molecule has 0 radical (unpaired) electrons. The second-order valence-corrected chi connectivity index (χ2v) is 7.32. The molecule has 0 aromatic heterocycles. The molecule has 166 valence electrons. The van der Waals surface area contributed by atoms with Gasteiger partial charge in [0.2, 0.25) is 6.29 Å². The van der Waals surface area contributed by atoms with Crippen molar-refractivity contribution in [3.8, 4) is 28.7 Å². The molecule has 0 aliphatic carbocycles. The predicted molar refractivity (Wildman–Crippen MR) is 105 cm³/mol. The minimum absolute atomic E-state index is 0.0446. The standard InChI is InChI=1S/C21H22O10/c22-8-17-18(26)19(27)20(28)21(31-17)29-10-6-13(24)11-2-4-15(30-16(11)7-10)9-1-3-12(23)14(25)5-9/h1-7,15,17-28H,8H2/t15?,17-,18-,19+,20-,21-/m1/s1. The van der Waals surface area contributed by atoms with E-state index in [1.165, 1.54) is 24.3 Å². The monoisotopic (exact) mass is 434 g/mol. The van der Waals surface area contributed by atoms with Gasteiger partial charge in [-0.15, -0.1) is 0 Å². The van der Waals surface area contributed by atoms with Gasteiger partial charge in [0.15, 0.2) is 11.5 Å². The van der Waals surface area contributed by atoms with Crippen molar-refractivity contribution in [3.63, 3.8) is 0 Å². The van der Waals surface area contributed by atoms with Crippen LogP contribution in [0.15, 0.2) is 36.4 Å². The summed E-state index contributed by atoms with van der Waals surface area (Å²) < 4.78 is 16.7. The van der Waals surface area contributed by atoms with Gasteiger partial charge in [-0.2, -0.15) is 0 Å². The van der Waals surface area contributed by atoms with E-state index in [0.717, 1.165) is 0 Å². The smallest absolute Gasteiger partial charge is 0.229 e. The van der Waals surface area contributed by atoms with Crippen LogP contribution < -0.4 is 9.47 Å². The summed E-state index contributed by atoms with van der Waals surface area (Å²) in [6.45, 7) is -0.602. The minimum atomic E-state index is -1.61. The van der Waals surface area contributed by atoms with Crippen LogP contribution in [-0.4, -0.2) is 73.1 Å². The van der Waals surface area contributed by atoms with Gasteiger partial charge in [-0.05, 0) is 24.3 Å². The molecule has 0 saturated carbocycles. The van der Waals surface area contributed by atoms with Crippen LogP contribution in [-0.2, 0) is 4.74 Å². The Bertz CT molecular complexity index is 988. The molecule has 10 heteroatoms. The van der Waals surface area contributed by atoms with Crippen LogP contribution in [0.3, 0.4) is 0 Å². The molecule has 1 saturated heterocycles. The summed E-state index contributed by atoms with van der Waals surface area (Å²) in [6.07, 6.45) is -4.63. The maximum atomic E-state index is 10.3. The molecule has 1 fully saturated rings. The number of benzene rings is 2. The highest BCUT2D eigenvalue weighted by Crippen LogP contribution is 2.42. The number of rotatable bonds is 4. The number of hydrogen-bond donors (Lipinski definition) is 7. The Kier molecular flexibility index (Phi) is 5.65. The number of fused-ring (bicyclic) bond motifs is 1. The first kappa shape index (κ1) is 21.2. The molecule has 31 heavy (non-hydrogen) atoms. The molecule has 4 rings (SSSR count). The van der Waals surface area contributed by atoms with Crippen LogP contribution in [0.25, 0.3) is 6.08 Å². The summed E-state index contributed by atoms with van der Waals surface area (Å²) in [7, 11) is 0. The molecule has 1 unspecified atom stereocenters. The molecular weight excluding hydrogens is 412 g/mol. The lowest BCUT2D eigenvalue weighted by Gasteiger charge is -2.39. The third-order valence-corrected chi connectivity index (χ3v) is 5.21. The molecule has 2 heterocycles. The van der Waals surface area contributed by atoms with Gasteiger partial charge in [0.25, 0.3) is 0 Å². The van der Waals surface area contributed by atoms with Crippen molar-refractivity contribution in [3.05, 3.63) is 47.5 Å². The average Bonchev–Trinajstić information content (AvgIpc) is 2.75. The summed E-state index contributed by atoms with van der Waals surface area (Å²) in [4.78, 5) is 0. The summed E-state index contributed by atoms with van der Waals surface area (Å²) in [6, 6.07) is 6.95. The molecule has 0 amide bonds. The predicted octanol–water partition coefficient (Wildman–Crippen LogP) is 0.129. The van der Waals surface area contributed by atoms with E-state index in [1.807, 2.05) is 0 Å². The van der Waals surface area contributed by atoms with Gasteiger partial charge < -0.3 is 50.0 Å². The summed E-state index contributed by atoms with van der Waals surface area (Å²) in [5.41, 5.74) is 0.928. The summed E-state index contributed by atoms with van der Waals surface area (Å²) in [5, 5.41) is 68.7. The van der Waals surface area contributed by atoms with E-state index >= 15 is 0 Å². The van der Waals surface area contributed by atoms with E-state index in [-0.39, 0.29) is 28.7 Å². The highest BCUT2D eigenvalue weighted by atomic mass is 16.7. The third-order valence-electron chi connectivity index (χ3n) is 5.21. The lowest BCUT2D eigenvalue weighted by Crippen LogP contribution is -2.60. The average molecular weight is 434 g/mol. The third kappa shape index (κ3) is 3.99. The Hall–Kier alpha value is -3.02. The van der Waals surface area contributed by atoms with Gasteiger partial charge in [-0.3, -0.25) is 0 Å². The zero-order valence-electron chi connectivity index (χ0n) is 16.1. The van der Waals surface area contributed by atoms with E-state index < -0.39 is 43.4 Å². The quantitative estimate of drug-likeness (QED) is 0.328. The number of phenolic OH excluding ortho intramolecular Hbond substituents is 3. The molecule has 0 spiro atoms. The molecule has 10 nitrogen and oxygen atoms in total. The normalized spacial score (nSPS) is 29.8. The summed E-state index contributed by atoms with van der Waals surface area (Å²) >= 11 is 0. The highest BCUT2D eigenvalue weighted by Gasteiger charge is 2.44. The number of phenols is 3. The first-order valence-electron chi connectivity index (χ1n) is 9.49. The topological polar surface area (TPSA) is 169 Å². The maximum absolute atomic E-state index is 10.3. The Balaban J connectivity index is 1.57. The van der Waals surface area contributed by atoms with Gasteiger partial charge in [-0.1, -0.05) is 6.07 Å². The van der Waals surface area contributed by atoms with Crippen LogP contribution in [0, 0.1) is 0 Å². The van der Waals surface area contributed by atoms with Crippen molar-refractivity contribution in [2.24, 2.45) is 0 Å². The second kappa shape index (κ2) is 8.25. The van der Waals surface area contributed by atoms with Crippen molar-refractivity contribution < 1.29 is 50.0 Å². The molecule has 0 bridgehead atoms. The molecule has 6 atom stereocenters. The van der Waals surface area contributed by atoms with Crippen molar-refractivity contribution in [1.82, 2.24) is 0 Å². The fourth-order valence-corrected chi connectivity index (χ4v) is 3.48. The zero-order valence-corrected chi connectivity index (χ0v) is 16.1. The number of hydrogen-bond acceptors (Lipinski definition) is 10. The van der Waals surface area contributed by atoms with Gasteiger partial charge in [0.05, 0.1) is 12.2 Å². The number of aliphatic hydroxyl groups excluding tert-OH is 4. The van der Waals surface area contributed by atoms with Gasteiger partial charge in [0.1, 0.15) is 47.8 Å². The molecular formula is C21H22O10. The van der Waals surface area contributed by atoms with Crippen molar-refractivity contribution >= 4 is 6.08 Å². The van der Waals surface area contributed by atoms with Crippen molar-refractivity contribution in [2.75, 3.05) is 6.61 Å². The second-order valence-electron chi connectivity index (χ2n) is 7.32. The molecule has 2 aliphatic heterocycles. The lowest BCUT2D eigenvalue weighted by molar-refractivity contribution is -0.277. The van der Waals surface area contributed by atoms with Crippen LogP contribution in [0.2, 0.25) is 0 Å². The van der Waals surface area contributed by atoms with E-state index in [0.29, 0.717) is 11.1 Å². The highest BCUT2D eigenvalue weighted by molar-refractivity contribution is 5.68. The van der Waals surface area contributed by atoms with Gasteiger partial charge >= 0.3 is 0 Å². The van der Waals surface area contributed by atoms with Crippen molar-refractivity contribution in [2.45, 2.75) is 36.8 Å². The fourth-order valence-electron chi connectivity index (χ4n) is 3.48. The Morgan fingerprint density at radius 3 is 2.35 bits per heavy atom. The fraction of sp³-hybridized carbons (Fsp3) is 0.333. The van der Waals surface area contributed by atoms with E-state index in [9.17, 15) is 35.7 Å². The number of aromatic hydroxyl groups is 3. The minimum Gasteiger partial charge on any atom is -0.507 e. The zero-order chi connectivity index (χ0) is 22.3. The molecule has 2 aromatic rings. The van der Waals surface area contributed by atoms with Gasteiger partial charge in [-0.25, -0.2) is 0 Å². The molecule has 2 aliphatic rings. The number of ether oxygens (including phenoxy) is 3. The summed E-state index contributed by atoms with van der Waals surface area (Å²) in [5.74, 6) is -0.470. The SMILES string of the molecule is OC[C@H]1O[C@@H](Oc2cc(O)c3c(c2)OC(c2ccc(O)c(O)c2)C=C3)[C@H](O)[C@@H](O)[C@@H]1O. The Labute approximate surface area is 176 Å². The van der Waals surface area contributed by atoms with Crippen molar-refractivity contribution in [1.29, 1.82) is 0 Å². The van der Waals surface area contributed by atoms with Crippen LogP contribution >= 0.6 is 0 Å². The largest absolute Gasteiger partial charge is 0.507 e. The Morgan fingerprint density at radius 1 is 0.871 bits per heavy atom. The van der Waals surface area contributed by atoms with E-state index in [4.69, 9.17) is 14.2 Å². The molecule has 2 aromatic carbocycles. The number of aliphatic hydroxyl groups is 4. The van der Waals surface area contributed by atoms with Crippen LogP contribution in [0.5, 0.6) is 28.7 Å². The first-order chi connectivity index (χ1) is 14.8. The van der Waals surface area contributed by atoms with Crippen LogP contribution in [0.1, 0.15) is 17.2 Å². The lowest BCUT2D eigenvalue weighted by atomic mass is 9.99. The van der Waals surface area contributed by atoms with E-state index in [1.54, 1.807) is 18.2 Å².